The van der Waals surface area contributed by atoms with Crippen LogP contribution in [0.3, 0.4) is 0 Å². The van der Waals surface area contributed by atoms with Crippen molar-refractivity contribution in [1.82, 2.24) is 9.88 Å². The van der Waals surface area contributed by atoms with Crippen molar-refractivity contribution < 1.29 is 37.3 Å². The number of ether oxygens (including phenoxy) is 2. The van der Waals surface area contributed by atoms with E-state index in [1.807, 2.05) is 33.9 Å². The number of nitrogens with zero attached hydrogens (tertiary/aromatic N) is 2. The second kappa shape index (κ2) is 9.43. The maximum atomic E-state index is 12.7. The Morgan fingerprint density at radius 3 is 2.67 bits per heavy atom. The summed E-state index contributed by atoms with van der Waals surface area (Å²) < 4.78 is 43.7. The van der Waals surface area contributed by atoms with E-state index in [-0.39, 0.29) is 24.2 Å². The fourth-order valence-corrected chi connectivity index (χ4v) is 4.07. The van der Waals surface area contributed by atoms with E-state index in [0.29, 0.717) is 13.2 Å². The Hall–Kier alpha value is -2.66. The lowest BCUT2D eigenvalue weighted by Crippen LogP contribution is -2.54. The molecule has 2 aromatic heterocycles. The highest BCUT2D eigenvalue weighted by Crippen LogP contribution is 2.33. The van der Waals surface area contributed by atoms with Crippen LogP contribution >= 0.6 is 11.3 Å². The number of carbonyl (C=O) groups is 2. The molecule has 3 heterocycles. The molecule has 1 N–H and O–H groups in total. The second-order valence-electron chi connectivity index (χ2n) is 6.64. The predicted octanol–water partition coefficient (Wildman–Crippen LogP) is 3.23. The van der Waals surface area contributed by atoms with Gasteiger partial charge in [0, 0.05) is 18.1 Å². The van der Waals surface area contributed by atoms with Gasteiger partial charge in [-0.1, -0.05) is 0 Å². The number of alkyl halides is 3. The average Bonchev–Trinajstić information content (AvgIpc) is 3.38. The van der Waals surface area contributed by atoms with E-state index in [1.54, 1.807) is 23.7 Å². The first-order chi connectivity index (χ1) is 14.3. The zero-order valence-corrected chi connectivity index (χ0v) is 16.4. The number of halogens is 3. The first kappa shape index (κ1) is 22.0. The fraction of sp³-hybridized carbons (Fsp3) is 0.421. The lowest BCUT2D eigenvalue weighted by molar-refractivity contribution is -0.192. The topological polar surface area (TPSA) is 89.0 Å². The van der Waals surface area contributed by atoms with E-state index in [2.05, 4.69) is 4.98 Å². The van der Waals surface area contributed by atoms with Crippen molar-refractivity contribution in [2.24, 2.45) is 0 Å². The Kier molecular flexibility index (Phi) is 6.93. The van der Waals surface area contributed by atoms with Gasteiger partial charge in [0.15, 0.2) is 0 Å². The second-order valence-corrected chi connectivity index (χ2v) is 7.42. The van der Waals surface area contributed by atoms with Gasteiger partial charge in [-0.25, -0.2) is 4.79 Å². The van der Waals surface area contributed by atoms with E-state index < -0.39 is 12.1 Å². The summed E-state index contributed by atoms with van der Waals surface area (Å²) >= 11 is 1.55. The number of hydrogen-bond donors (Lipinski definition) is 1. The normalized spacial score (nSPS) is 23.2. The molecule has 1 aliphatic heterocycles. The highest BCUT2D eigenvalue weighted by molar-refractivity contribution is 7.08. The van der Waals surface area contributed by atoms with E-state index in [9.17, 15) is 18.0 Å². The van der Waals surface area contributed by atoms with E-state index in [1.165, 1.54) is 0 Å². The van der Waals surface area contributed by atoms with Gasteiger partial charge in [0.25, 0.3) is 5.91 Å². The number of carboxylic acid groups (broad SMARTS) is 1. The summed E-state index contributed by atoms with van der Waals surface area (Å²) in [6, 6.07) is 5.74. The SMILES string of the molecule is O=C(O)C(F)(F)F.O=C(c1ccsc1)N1CCO[C@H]2[C@@H](Oc3cccnc3)CC[C@@H]21. The standard InChI is InChI=1S/C17H18N2O3S.C2HF3O2/c20-17(12-5-9-23-11-12)19-7-8-21-16-14(19)3-4-15(16)22-13-2-1-6-18-10-13;3-2(4,5)1(6)7/h1-2,5-6,9-11,14-16H,3-4,7-8H2;(H,6,7)/t14-,15-,16+;/m0./s1. The molecule has 0 aromatic carbocycles. The maximum Gasteiger partial charge on any atom is 0.490 e. The quantitative estimate of drug-likeness (QED) is 0.782. The number of rotatable bonds is 3. The van der Waals surface area contributed by atoms with Gasteiger partial charge >= 0.3 is 12.1 Å². The van der Waals surface area contributed by atoms with Crippen LogP contribution in [0.4, 0.5) is 13.2 Å². The summed E-state index contributed by atoms with van der Waals surface area (Å²) in [6.07, 6.45) is 0.0600. The zero-order chi connectivity index (χ0) is 21.7. The fourth-order valence-electron chi connectivity index (χ4n) is 3.44. The molecule has 2 aliphatic rings. The van der Waals surface area contributed by atoms with Crippen LogP contribution in [0.25, 0.3) is 0 Å². The smallest absolute Gasteiger partial charge is 0.486 e. The Bertz CT molecular complexity index is 848. The number of hydrogen-bond acceptors (Lipinski definition) is 6. The molecule has 2 fully saturated rings. The Labute approximate surface area is 174 Å². The van der Waals surface area contributed by atoms with Crippen molar-refractivity contribution in [1.29, 1.82) is 0 Å². The summed E-state index contributed by atoms with van der Waals surface area (Å²) in [7, 11) is 0. The average molecular weight is 444 g/mol. The molecule has 0 unspecified atom stereocenters. The molecule has 0 bridgehead atoms. The van der Waals surface area contributed by atoms with Gasteiger partial charge in [0.1, 0.15) is 18.0 Å². The van der Waals surface area contributed by atoms with E-state index in [0.717, 1.165) is 24.2 Å². The molecule has 3 atom stereocenters. The first-order valence-corrected chi connectivity index (χ1v) is 10.0. The van der Waals surface area contributed by atoms with Crippen molar-refractivity contribution in [2.45, 2.75) is 37.3 Å². The molecular formula is C19H19F3N2O5S. The van der Waals surface area contributed by atoms with Crippen LogP contribution in [-0.4, -0.2) is 64.4 Å². The van der Waals surface area contributed by atoms with Crippen molar-refractivity contribution in [3.8, 4) is 5.75 Å². The van der Waals surface area contributed by atoms with Crippen molar-refractivity contribution in [2.75, 3.05) is 13.2 Å². The minimum Gasteiger partial charge on any atom is -0.486 e. The summed E-state index contributed by atoms with van der Waals surface area (Å²) in [5.74, 6) is -1.90. The Balaban J connectivity index is 0.000000318. The van der Waals surface area contributed by atoms with Crippen LogP contribution in [0, 0.1) is 0 Å². The highest BCUT2D eigenvalue weighted by Gasteiger charge is 2.45. The van der Waals surface area contributed by atoms with Crippen molar-refractivity contribution in [3.05, 3.63) is 46.9 Å². The number of carboxylic acids is 1. The lowest BCUT2D eigenvalue weighted by Gasteiger charge is -2.38. The molecule has 7 nitrogen and oxygen atoms in total. The van der Waals surface area contributed by atoms with Gasteiger partial charge in [0.05, 0.1) is 24.4 Å². The van der Waals surface area contributed by atoms with Crippen LogP contribution < -0.4 is 4.74 Å². The van der Waals surface area contributed by atoms with Gasteiger partial charge in [-0.2, -0.15) is 24.5 Å². The third kappa shape index (κ3) is 5.28. The number of aromatic nitrogens is 1. The number of amides is 1. The molecule has 0 spiro atoms. The van der Waals surface area contributed by atoms with E-state index >= 15 is 0 Å². The van der Waals surface area contributed by atoms with Gasteiger partial charge in [0.2, 0.25) is 0 Å². The third-order valence-corrected chi connectivity index (χ3v) is 5.41. The van der Waals surface area contributed by atoms with Gasteiger partial charge in [-0.05, 0) is 36.4 Å². The van der Waals surface area contributed by atoms with Crippen molar-refractivity contribution in [3.63, 3.8) is 0 Å². The van der Waals surface area contributed by atoms with Crippen LogP contribution in [-0.2, 0) is 9.53 Å². The lowest BCUT2D eigenvalue weighted by atomic mass is 10.1. The number of thiophene rings is 1. The van der Waals surface area contributed by atoms with Crippen LogP contribution in [0.15, 0.2) is 41.4 Å². The minimum absolute atomic E-state index is 0.0257. The third-order valence-electron chi connectivity index (χ3n) is 4.73. The molecule has 30 heavy (non-hydrogen) atoms. The van der Waals surface area contributed by atoms with Gasteiger partial charge < -0.3 is 19.5 Å². The molecule has 1 saturated heterocycles. The first-order valence-electron chi connectivity index (χ1n) is 9.09. The summed E-state index contributed by atoms with van der Waals surface area (Å²) in [4.78, 5) is 27.6. The molecule has 4 rings (SSSR count). The minimum atomic E-state index is -5.08. The number of pyridine rings is 1. The van der Waals surface area contributed by atoms with Gasteiger partial charge in [-0.15, -0.1) is 0 Å². The summed E-state index contributed by atoms with van der Waals surface area (Å²) in [5, 5.41) is 11.0. The summed E-state index contributed by atoms with van der Waals surface area (Å²) in [6.45, 7) is 1.21. The largest absolute Gasteiger partial charge is 0.490 e. The highest BCUT2D eigenvalue weighted by atomic mass is 32.1. The van der Waals surface area contributed by atoms with Crippen LogP contribution in [0.5, 0.6) is 5.75 Å². The van der Waals surface area contributed by atoms with Crippen LogP contribution in [0.2, 0.25) is 0 Å². The van der Waals surface area contributed by atoms with Crippen LogP contribution in [0.1, 0.15) is 23.2 Å². The zero-order valence-electron chi connectivity index (χ0n) is 15.6. The molecule has 11 heteroatoms. The number of fused-ring (bicyclic) bond motifs is 1. The number of carbonyl (C=O) groups excluding carboxylic acids is 1. The molecular weight excluding hydrogens is 425 g/mol. The molecule has 1 aliphatic carbocycles. The van der Waals surface area contributed by atoms with Gasteiger partial charge in [-0.3, -0.25) is 9.78 Å². The molecule has 2 aromatic rings. The Morgan fingerprint density at radius 2 is 2.07 bits per heavy atom. The number of aliphatic carboxylic acids is 1. The molecule has 162 valence electrons. The number of morpholine rings is 1. The molecule has 1 saturated carbocycles. The molecule has 1 amide bonds. The predicted molar refractivity (Wildman–Crippen MR) is 100 cm³/mol. The van der Waals surface area contributed by atoms with E-state index in [4.69, 9.17) is 19.4 Å². The molecule has 0 radical (unpaired) electrons. The monoisotopic (exact) mass is 444 g/mol. The Morgan fingerprint density at radius 1 is 1.30 bits per heavy atom. The maximum absolute atomic E-state index is 12.7. The van der Waals surface area contributed by atoms with Crippen molar-refractivity contribution >= 4 is 23.2 Å². The summed E-state index contributed by atoms with van der Waals surface area (Å²) in [5.41, 5.74) is 0.771.